The maximum absolute atomic E-state index is 5.60. The lowest BCUT2D eigenvalue weighted by atomic mass is 9.98. The minimum Gasteiger partial charge on any atom is -1.00 e. The van der Waals surface area contributed by atoms with Crippen LogP contribution in [0.3, 0.4) is 0 Å². The maximum atomic E-state index is 5.60. The molecule has 0 aliphatic heterocycles. The van der Waals surface area contributed by atoms with Gasteiger partial charge in [-0.15, -0.1) is 11.6 Å². The first-order chi connectivity index (χ1) is 35.9. The van der Waals surface area contributed by atoms with Gasteiger partial charge in [0.15, 0.2) is 0 Å². The predicted molar refractivity (Wildman–Crippen MR) is 348 cm³/mol. The molecule has 0 bridgehead atoms. The molecule has 0 spiro atoms. The molecule has 0 saturated heterocycles. The van der Waals surface area contributed by atoms with E-state index in [0.717, 1.165) is 48.7 Å². The maximum Gasteiger partial charge on any atom is 0.142 e. The first-order valence-corrected chi connectivity index (χ1v) is 28.8. The van der Waals surface area contributed by atoms with Gasteiger partial charge < -0.3 is 54.5 Å². The van der Waals surface area contributed by atoms with E-state index < -0.39 is 0 Å². The van der Waals surface area contributed by atoms with E-state index in [1.807, 2.05) is 54.1 Å². The average Bonchev–Trinajstić information content (AvgIpc) is 3.42. The summed E-state index contributed by atoms with van der Waals surface area (Å²) in [6.07, 6.45) is 15.4. The zero-order chi connectivity index (χ0) is 57.0. The van der Waals surface area contributed by atoms with E-state index in [1.165, 1.54) is 116 Å². The first kappa shape index (κ1) is 80.5. The SMILES string of the molecule is C=Cc1ccc(CCl)cc1.C=Cc1ccc([N+](C)(C)CCCC[N+](C)(C)c2ccc(C=C)cc2)cc1.C=[N+](C)CCCCN(C)C.CCC(C)c1ccc([N+](C)(C)CCCC[N+](C)(C)c2ccc(C(C)CC)cc2)cc1.[Cl-].[Cl-].[Cl-].[Cl-]. The monoisotopic (exact) mass is 1200 g/mol. The predicted octanol–water partition coefficient (Wildman–Crippen LogP) is 4.67. The molecule has 2 unspecified atom stereocenters. The number of unbranched alkanes of at least 4 members (excludes halogenated alkanes) is 3. The molecule has 5 rings (SSSR count). The van der Waals surface area contributed by atoms with Crippen molar-refractivity contribution >= 4 is 59.3 Å². The summed E-state index contributed by atoms with van der Waals surface area (Å²) < 4.78 is 5.73. The molecule has 0 radical (unpaired) electrons. The molecule has 0 aliphatic carbocycles. The number of rotatable bonds is 27. The third-order valence-corrected chi connectivity index (χ3v) is 15.6. The van der Waals surface area contributed by atoms with Gasteiger partial charge >= 0.3 is 0 Å². The Morgan fingerprint density at radius 2 is 0.713 bits per heavy atom. The minimum absolute atomic E-state index is 0. The van der Waals surface area contributed by atoms with E-state index in [2.05, 4.69) is 227 Å². The molecule has 0 amide bonds. The number of alkyl halides is 1. The largest absolute Gasteiger partial charge is 1.00 e. The fourth-order valence-electron chi connectivity index (χ4n) is 9.01. The molecule has 0 heterocycles. The lowest BCUT2D eigenvalue weighted by Crippen LogP contribution is -3.00. The zero-order valence-corrected chi connectivity index (χ0v) is 56.2. The quantitative estimate of drug-likeness (QED) is 0.0244. The summed E-state index contributed by atoms with van der Waals surface area (Å²) in [7, 11) is 24.7. The second-order valence-corrected chi connectivity index (χ2v) is 23.9. The van der Waals surface area contributed by atoms with Gasteiger partial charge in [0.05, 0.1) is 82.6 Å². The summed E-state index contributed by atoms with van der Waals surface area (Å²) in [5.74, 6) is 1.88. The van der Waals surface area contributed by atoms with Crippen LogP contribution in [0.1, 0.15) is 124 Å². The van der Waals surface area contributed by atoms with Gasteiger partial charge in [-0.1, -0.05) is 114 Å². The van der Waals surface area contributed by atoms with Crippen LogP contribution in [0.25, 0.3) is 18.2 Å². The molecule has 6 nitrogen and oxygen atoms in total. The Balaban J connectivity index is -0.00000107. The van der Waals surface area contributed by atoms with Crippen LogP contribution in [0.15, 0.2) is 141 Å². The molecule has 0 aliphatic rings. The second-order valence-electron chi connectivity index (χ2n) is 23.6. The molecule has 448 valence electrons. The van der Waals surface area contributed by atoms with Crippen molar-refractivity contribution in [1.29, 1.82) is 0 Å². The summed E-state index contributed by atoms with van der Waals surface area (Å²) in [5.41, 5.74) is 13.1. The molecule has 11 heteroatoms. The van der Waals surface area contributed by atoms with Crippen molar-refractivity contribution in [3.8, 4) is 0 Å². The van der Waals surface area contributed by atoms with Gasteiger partial charge in [0.1, 0.15) is 43.1 Å². The highest BCUT2D eigenvalue weighted by molar-refractivity contribution is 6.17. The van der Waals surface area contributed by atoms with Crippen molar-refractivity contribution in [1.82, 2.24) is 22.8 Å². The van der Waals surface area contributed by atoms with Crippen LogP contribution in [0.5, 0.6) is 0 Å². The second kappa shape index (κ2) is 41.3. The normalized spacial score (nSPS) is 11.8. The highest BCUT2D eigenvalue weighted by Gasteiger charge is 2.24. The average molecular weight is 1200 g/mol. The fourth-order valence-corrected chi connectivity index (χ4v) is 9.19. The number of halogens is 5. The van der Waals surface area contributed by atoms with E-state index in [9.17, 15) is 0 Å². The number of benzene rings is 5. The van der Waals surface area contributed by atoms with Gasteiger partial charge in [-0.3, -0.25) is 17.9 Å². The van der Waals surface area contributed by atoms with E-state index in [1.54, 1.807) is 0 Å². The molecular formula is C69H108Cl5N6+. The van der Waals surface area contributed by atoms with Crippen molar-refractivity contribution in [2.24, 2.45) is 0 Å². The summed E-state index contributed by atoms with van der Waals surface area (Å²) in [6.45, 7) is 31.2. The Bertz CT molecular complexity index is 2280. The number of quaternary nitrogens is 4. The van der Waals surface area contributed by atoms with Crippen LogP contribution < -0.4 is 67.6 Å². The van der Waals surface area contributed by atoms with Crippen LogP contribution in [-0.2, 0) is 5.88 Å². The minimum atomic E-state index is 0. The Labute approximate surface area is 521 Å². The smallest absolute Gasteiger partial charge is 0.142 e. The van der Waals surface area contributed by atoms with Crippen molar-refractivity contribution in [3.05, 3.63) is 174 Å². The first-order valence-electron chi connectivity index (χ1n) is 28.3. The van der Waals surface area contributed by atoms with Gasteiger partial charge in [0.2, 0.25) is 0 Å². The molecule has 0 fully saturated rings. The number of hydrogen-bond donors (Lipinski definition) is 0. The molecule has 0 N–H and O–H groups in total. The highest BCUT2D eigenvalue weighted by Crippen LogP contribution is 2.28. The van der Waals surface area contributed by atoms with Crippen molar-refractivity contribution in [2.45, 2.75) is 96.8 Å². The van der Waals surface area contributed by atoms with E-state index >= 15 is 0 Å². The fraction of sp³-hybridized carbons (Fsp3) is 0.464. The lowest BCUT2D eigenvalue weighted by molar-refractivity contribution is -0.488. The standard InChI is InChI=1S/C28H46N2.C24H34N2.C9H9Cl.C8H19N2.4ClH/c1-9-23(3)25-13-17-27(18-14-25)29(5,6)21-11-12-22-30(7,8)28-19-15-26(16-20-28)24(4)10-2;1-7-21-11-15-23(16-12-21)25(3,4)19-9-10-20-26(5,6)24-17-13-22(8-2)14-18-24;1-2-8-3-5-9(7-10)6-4-8;1-9(2)7-5-6-8-10(3)4;;;;/h13-20,23-24H,9-12,21-22H2,1-8H3;7-8,11-18H,1-2,9-10,19-20H2,3-6H3;2-6H,1,7H2;1,5-8H2,2-4H3;4*1H/q2*+2;;+1;;;;/p-4. The Kier molecular flexibility index (Phi) is 41.5. The Morgan fingerprint density at radius 3 is 0.938 bits per heavy atom. The van der Waals surface area contributed by atoms with Crippen molar-refractivity contribution in [3.63, 3.8) is 0 Å². The Morgan fingerprint density at radius 1 is 0.450 bits per heavy atom. The van der Waals surface area contributed by atoms with Crippen molar-refractivity contribution < 1.29 is 54.2 Å². The summed E-state index contributed by atoms with van der Waals surface area (Å²) in [6, 6.07) is 44.1. The van der Waals surface area contributed by atoms with Crippen LogP contribution in [0.4, 0.5) is 22.7 Å². The highest BCUT2D eigenvalue weighted by atomic mass is 35.5. The van der Waals surface area contributed by atoms with Crippen LogP contribution in [0, 0.1) is 0 Å². The molecule has 5 aromatic carbocycles. The van der Waals surface area contributed by atoms with Gasteiger partial charge in [-0.25, -0.2) is 4.58 Å². The molecule has 5 aromatic rings. The molecule has 0 saturated carbocycles. The third-order valence-electron chi connectivity index (χ3n) is 15.3. The summed E-state index contributed by atoms with van der Waals surface area (Å²) in [5, 5.41) is 0. The van der Waals surface area contributed by atoms with Crippen LogP contribution >= 0.6 is 11.6 Å². The Hall–Kier alpha value is -3.76. The molecular weight excluding hydrogens is 1090 g/mol. The summed E-state index contributed by atoms with van der Waals surface area (Å²) in [4.78, 5) is 2.21. The molecule has 80 heavy (non-hydrogen) atoms. The van der Waals surface area contributed by atoms with Crippen molar-refractivity contribution in [2.75, 3.05) is 117 Å². The van der Waals surface area contributed by atoms with Gasteiger partial charge in [0, 0.05) is 38.0 Å². The zero-order valence-electron chi connectivity index (χ0n) is 52.4. The number of nitrogens with zero attached hydrogens (tertiary/aromatic N) is 6. The van der Waals surface area contributed by atoms with Crippen LogP contribution in [-0.4, -0.2) is 133 Å². The van der Waals surface area contributed by atoms with Crippen LogP contribution in [0.2, 0.25) is 0 Å². The van der Waals surface area contributed by atoms with Gasteiger partial charge in [-0.05, 0) is 158 Å². The van der Waals surface area contributed by atoms with E-state index in [-0.39, 0.29) is 49.6 Å². The summed E-state index contributed by atoms with van der Waals surface area (Å²) >= 11 is 5.60. The number of hydrogen-bond acceptors (Lipinski definition) is 1. The van der Waals surface area contributed by atoms with E-state index in [4.69, 9.17) is 11.6 Å². The third kappa shape index (κ3) is 30.0. The lowest BCUT2D eigenvalue weighted by Gasteiger charge is -2.32. The molecule has 0 aromatic heterocycles. The topological polar surface area (TPSA) is 6.25 Å². The van der Waals surface area contributed by atoms with Gasteiger partial charge in [0.25, 0.3) is 0 Å². The van der Waals surface area contributed by atoms with Gasteiger partial charge in [-0.2, -0.15) is 0 Å². The molecule has 2 atom stereocenters. The van der Waals surface area contributed by atoms with E-state index in [0.29, 0.717) is 17.7 Å².